The van der Waals surface area contributed by atoms with Crippen LogP contribution in [0.4, 0.5) is 4.79 Å². The molecule has 2 N–H and O–H groups in total. The van der Waals surface area contributed by atoms with E-state index in [0.29, 0.717) is 12.5 Å². The minimum Gasteiger partial charge on any atom is -0.361 e. The molecule has 0 aliphatic rings. The maximum Gasteiger partial charge on any atom is 0.315 e. The maximum atomic E-state index is 11.6. The van der Waals surface area contributed by atoms with E-state index < -0.39 is 0 Å². The van der Waals surface area contributed by atoms with Gasteiger partial charge in [-0.2, -0.15) is 0 Å². The van der Waals surface area contributed by atoms with E-state index >= 15 is 0 Å². The zero-order valence-corrected chi connectivity index (χ0v) is 11.6. The molecule has 0 saturated carbocycles. The zero-order valence-electron chi connectivity index (χ0n) is 11.6. The van der Waals surface area contributed by atoms with E-state index in [-0.39, 0.29) is 12.1 Å². The Morgan fingerprint density at radius 2 is 2.22 bits per heavy atom. The lowest BCUT2D eigenvalue weighted by atomic mass is 10.0. The number of nitrogens with zero attached hydrogens (tertiary/aromatic N) is 1. The van der Waals surface area contributed by atoms with Crippen LogP contribution >= 0.6 is 0 Å². The number of carbonyl (C=O) groups excluding carboxylic acids is 1. The van der Waals surface area contributed by atoms with Gasteiger partial charge in [-0.25, -0.2) is 4.79 Å². The summed E-state index contributed by atoms with van der Waals surface area (Å²) in [6.45, 7) is 8.58. The maximum absolute atomic E-state index is 11.6. The third-order valence-electron chi connectivity index (χ3n) is 2.94. The summed E-state index contributed by atoms with van der Waals surface area (Å²) >= 11 is 0. The highest BCUT2D eigenvalue weighted by molar-refractivity contribution is 5.74. The van der Waals surface area contributed by atoms with Crippen LogP contribution in [0.1, 0.15) is 45.1 Å². The van der Waals surface area contributed by atoms with Crippen LogP contribution in [0.25, 0.3) is 0 Å². The van der Waals surface area contributed by atoms with E-state index in [1.807, 2.05) is 19.9 Å². The molecule has 102 valence electrons. The summed E-state index contributed by atoms with van der Waals surface area (Å²) in [7, 11) is 0. The molecule has 0 saturated heterocycles. The van der Waals surface area contributed by atoms with Crippen molar-refractivity contribution in [2.24, 2.45) is 5.92 Å². The second kappa shape index (κ2) is 7.03. The third-order valence-corrected chi connectivity index (χ3v) is 2.94. The Balaban J connectivity index is 2.25. The van der Waals surface area contributed by atoms with E-state index in [0.717, 1.165) is 24.3 Å². The highest BCUT2D eigenvalue weighted by atomic mass is 16.5. The van der Waals surface area contributed by atoms with Crippen molar-refractivity contribution >= 4 is 6.03 Å². The topological polar surface area (TPSA) is 67.2 Å². The van der Waals surface area contributed by atoms with E-state index in [4.69, 9.17) is 4.52 Å². The fourth-order valence-corrected chi connectivity index (χ4v) is 1.78. The number of hydrogen-bond donors (Lipinski definition) is 2. The second-order valence-corrected chi connectivity index (χ2v) is 4.91. The fourth-order valence-electron chi connectivity index (χ4n) is 1.78. The summed E-state index contributed by atoms with van der Waals surface area (Å²) in [6, 6.07) is 1.83. The number of urea groups is 1. The Bertz CT molecular complexity index is 376. The third kappa shape index (κ3) is 5.21. The van der Waals surface area contributed by atoms with Crippen molar-refractivity contribution in [3.05, 3.63) is 17.5 Å². The minimum atomic E-state index is -0.161. The highest BCUT2D eigenvalue weighted by Gasteiger charge is 2.10. The lowest BCUT2D eigenvalue weighted by molar-refractivity contribution is 0.235. The number of rotatable bonds is 6. The van der Waals surface area contributed by atoms with Crippen molar-refractivity contribution in [3.8, 4) is 0 Å². The van der Waals surface area contributed by atoms with Crippen LogP contribution in [0, 0.1) is 12.8 Å². The van der Waals surface area contributed by atoms with Gasteiger partial charge in [0.2, 0.25) is 0 Å². The quantitative estimate of drug-likeness (QED) is 0.819. The Morgan fingerprint density at radius 1 is 1.50 bits per heavy atom. The lowest BCUT2D eigenvalue weighted by Crippen LogP contribution is -2.41. The zero-order chi connectivity index (χ0) is 13.5. The van der Waals surface area contributed by atoms with E-state index in [1.54, 1.807) is 0 Å². The summed E-state index contributed by atoms with van der Waals surface area (Å²) in [5.74, 6) is 1.37. The van der Waals surface area contributed by atoms with Crippen molar-refractivity contribution < 1.29 is 9.32 Å². The molecule has 0 aromatic carbocycles. The number of carbonyl (C=O) groups is 1. The van der Waals surface area contributed by atoms with Gasteiger partial charge in [-0.05, 0) is 26.2 Å². The molecule has 1 aromatic rings. The predicted molar refractivity (Wildman–Crippen MR) is 70.1 cm³/mol. The van der Waals surface area contributed by atoms with Crippen LogP contribution in [0.3, 0.4) is 0 Å². The molecule has 1 aromatic heterocycles. The summed E-state index contributed by atoms with van der Waals surface area (Å²) in [4.78, 5) is 11.6. The van der Waals surface area contributed by atoms with Crippen LogP contribution in [0.5, 0.6) is 0 Å². The van der Waals surface area contributed by atoms with E-state index in [2.05, 4.69) is 29.6 Å². The summed E-state index contributed by atoms with van der Waals surface area (Å²) in [5.41, 5.74) is 0.734. The average molecular weight is 253 g/mol. The average Bonchev–Trinajstić information content (AvgIpc) is 2.72. The molecule has 5 nitrogen and oxygen atoms in total. The fraction of sp³-hybridized carbons (Fsp3) is 0.692. The molecule has 5 heteroatoms. The number of aryl methyl sites for hydroxylation is 1. The van der Waals surface area contributed by atoms with Crippen molar-refractivity contribution in [1.29, 1.82) is 0 Å². The molecule has 0 aliphatic carbocycles. The van der Waals surface area contributed by atoms with Crippen molar-refractivity contribution in [2.75, 3.05) is 0 Å². The first-order valence-electron chi connectivity index (χ1n) is 6.47. The van der Waals surface area contributed by atoms with Crippen molar-refractivity contribution in [1.82, 2.24) is 15.8 Å². The Kier molecular flexibility index (Phi) is 5.68. The predicted octanol–water partition coefficient (Wildman–Crippen LogP) is 2.61. The first-order chi connectivity index (χ1) is 8.51. The Morgan fingerprint density at radius 3 is 2.78 bits per heavy atom. The van der Waals surface area contributed by atoms with Gasteiger partial charge < -0.3 is 15.2 Å². The first kappa shape index (κ1) is 14.5. The number of aromatic nitrogens is 1. The first-order valence-corrected chi connectivity index (χ1v) is 6.47. The molecule has 1 heterocycles. The highest BCUT2D eigenvalue weighted by Crippen LogP contribution is 2.09. The summed E-state index contributed by atoms with van der Waals surface area (Å²) in [6.07, 6.45) is 2.12. The van der Waals surface area contributed by atoms with Gasteiger partial charge in [0.1, 0.15) is 11.5 Å². The summed E-state index contributed by atoms with van der Waals surface area (Å²) < 4.78 is 4.92. The minimum absolute atomic E-state index is 0.161. The smallest absolute Gasteiger partial charge is 0.315 e. The standard InChI is InChI=1S/C13H23N3O2/c1-5-9(2)6-10(3)15-13(17)14-8-12-7-11(4)18-16-12/h7,9-10H,5-6,8H2,1-4H3,(H2,14,15,17)/t9-,10-/m0/s1. The van der Waals surface area contributed by atoms with Gasteiger partial charge in [-0.3, -0.25) is 0 Å². The van der Waals surface area contributed by atoms with Crippen LogP contribution in [0.15, 0.2) is 10.6 Å². The van der Waals surface area contributed by atoms with Gasteiger partial charge in [0.15, 0.2) is 0 Å². The Labute approximate surface area is 108 Å². The molecule has 18 heavy (non-hydrogen) atoms. The molecule has 2 amide bonds. The molecular formula is C13H23N3O2. The van der Waals surface area contributed by atoms with E-state index in [9.17, 15) is 4.79 Å². The normalized spacial score (nSPS) is 14.0. The SMILES string of the molecule is CC[C@H](C)C[C@H](C)NC(=O)NCc1cc(C)on1. The second-order valence-electron chi connectivity index (χ2n) is 4.91. The van der Waals surface area contributed by atoms with Gasteiger partial charge in [0.05, 0.1) is 6.54 Å². The molecule has 1 rings (SSSR count). The van der Waals surface area contributed by atoms with Gasteiger partial charge in [0.25, 0.3) is 0 Å². The van der Waals surface area contributed by atoms with Crippen LogP contribution in [0.2, 0.25) is 0 Å². The van der Waals surface area contributed by atoms with Gasteiger partial charge in [-0.1, -0.05) is 25.4 Å². The molecule has 0 bridgehead atoms. The van der Waals surface area contributed by atoms with Gasteiger partial charge in [-0.15, -0.1) is 0 Å². The van der Waals surface area contributed by atoms with E-state index in [1.165, 1.54) is 0 Å². The van der Waals surface area contributed by atoms with Crippen LogP contribution in [-0.2, 0) is 6.54 Å². The number of amides is 2. The van der Waals surface area contributed by atoms with Crippen molar-refractivity contribution in [2.45, 2.75) is 53.1 Å². The number of hydrogen-bond acceptors (Lipinski definition) is 3. The molecule has 0 unspecified atom stereocenters. The van der Waals surface area contributed by atoms with Gasteiger partial charge >= 0.3 is 6.03 Å². The molecule has 2 atom stereocenters. The molecule has 0 radical (unpaired) electrons. The molecule has 0 fully saturated rings. The molecule has 0 aliphatic heterocycles. The monoisotopic (exact) mass is 253 g/mol. The van der Waals surface area contributed by atoms with Crippen LogP contribution in [-0.4, -0.2) is 17.2 Å². The van der Waals surface area contributed by atoms with Crippen molar-refractivity contribution in [3.63, 3.8) is 0 Å². The Hall–Kier alpha value is -1.52. The summed E-state index contributed by atoms with van der Waals surface area (Å²) in [5, 5.41) is 9.49. The lowest BCUT2D eigenvalue weighted by Gasteiger charge is -2.17. The largest absolute Gasteiger partial charge is 0.361 e. The van der Waals surface area contributed by atoms with Gasteiger partial charge in [0, 0.05) is 12.1 Å². The molecule has 0 spiro atoms. The van der Waals surface area contributed by atoms with Crippen LogP contribution < -0.4 is 10.6 Å². The molecular weight excluding hydrogens is 230 g/mol. The number of nitrogens with one attached hydrogen (secondary N) is 2.